The molecule has 0 bridgehead atoms. The molecule has 1 N–H and O–H groups in total. The first-order valence-electron chi connectivity index (χ1n) is 6.90. The van der Waals surface area contributed by atoms with Gasteiger partial charge in [-0.3, -0.25) is 0 Å². The van der Waals surface area contributed by atoms with Gasteiger partial charge >= 0.3 is 5.97 Å². The molecule has 3 rings (SSSR count). The molecule has 0 saturated heterocycles. The van der Waals surface area contributed by atoms with Crippen LogP contribution in [0.4, 0.5) is 4.39 Å². The molecule has 1 heterocycles. The zero-order valence-corrected chi connectivity index (χ0v) is 12.5. The largest absolute Gasteiger partial charge is 0.478 e. The lowest BCUT2D eigenvalue weighted by Gasteiger charge is -2.02. The van der Waals surface area contributed by atoms with E-state index in [-0.39, 0.29) is 22.8 Å². The molecule has 3 aromatic rings. The van der Waals surface area contributed by atoms with E-state index in [1.807, 2.05) is 6.92 Å². The van der Waals surface area contributed by atoms with Gasteiger partial charge in [0.05, 0.1) is 11.1 Å². The molecule has 0 spiro atoms. The molecular weight excluding hydrogens is 299 g/mol. The topological polar surface area (TPSA) is 76.2 Å². The molecule has 1 aromatic heterocycles. The van der Waals surface area contributed by atoms with Crippen molar-refractivity contribution in [2.75, 3.05) is 0 Å². The first-order valence-corrected chi connectivity index (χ1v) is 6.90. The van der Waals surface area contributed by atoms with E-state index in [0.717, 1.165) is 5.56 Å². The molecule has 0 fully saturated rings. The predicted octanol–water partition coefficient (Wildman–Crippen LogP) is 3.86. The van der Waals surface area contributed by atoms with Gasteiger partial charge in [-0.1, -0.05) is 28.9 Å². The van der Waals surface area contributed by atoms with Crippen LogP contribution < -0.4 is 0 Å². The molecule has 0 aliphatic carbocycles. The number of carboxylic acids is 1. The number of aryl methyl sites for hydroxylation is 2. The van der Waals surface area contributed by atoms with Crippen LogP contribution in [0.5, 0.6) is 0 Å². The first-order chi connectivity index (χ1) is 11.0. The Morgan fingerprint density at radius 3 is 2.70 bits per heavy atom. The van der Waals surface area contributed by atoms with E-state index in [1.165, 1.54) is 12.1 Å². The molecule has 5 nitrogen and oxygen atoms in total. The smallest absolute Gasteiger partial charge is 0.335 e. The Kier molecular flexibility index (Phi) is 3.65. The molecule has 6 heteroatoms. The molecule has 0 unspecified atom stereocenters. The number of aromatic carboxylic acids is 1. The minimum Gasteiger partial charge on any atom is -0.478 e. The van der Waals surface area contributed by atoms with Gasteiger partial charge in [0.25, 0.3) is 5.89 Å². The van der Waals surface area contributed by atoms with E-state index in [9.17, 15) is 14.3 Å². The number of benzene rings is 2. The molecule has 0 radical (unpaired) electrons. The minimum absolute atomic E-state index is 0.0543. The van der Waals surface area contributed by atoms with E-state index in [0.29, 0.717) is 11.1 Å². The maximum atomic E-state index is 13.9. The fourth-order valence-corrected chi connectivity index (χ4v) is 2.24. The Morgan fingerprint density at radius 2 is 1.96 bits per heavy atom. The normalized spacial score (nSPS) is 10.7. The van der Waals surface area contributed by atoms with Crippen LogP contribution in [-0.4, -0.2) is 21.2 Å². The molecular formula is C17H13FN2O3. The van der Waals surface area contributed by atoms with Gasteiger partial charge in [0.2, 0.25) is 5.82 Å². The van der Waals surface area contributed by atoms with Crippen molar-refractivity contribution >= 4 is 5.97 Å². The maximum Gasteiger partial charge on any atom is 0.335 e. The summed E-state index contributed by atoms with van der Waals surface area (Å²) in [5, 5.41) is 13.0. The van der Waals surface area contributed by atoms with Crippen LogP contribution in [0.25, 0.3) is 22.8 Å². The fourth-order valence-electron chi connectivity index (χ4n) is 2.24. The number of carbonyl (C=O) groups is 1. The van der Waals surface area contributed by atoms with Crippen LogP contribution in [0.1, 0.15) is 21.5 Å². The fraction of sp³-hybridized carbons (Fsp3) is 0.118. The number of nitrogens with zero attached hydrogens (tertiary/aromatic N) is 2. The summed E-state index contributed by atoms with van der Waals surface area (Å²) < 4.78 is 19.0. The number of rotatable bonds is 3. The summed E-state index contributed by atoms with van der Waals surface area (Å²) in [5.41, 5.74) is 2.38. The van der Waals surface area contributed by atoms with Gasteiger partial charge < -0.3 is 9.63 Å². The van der Waals surface area contributed by atoms with Crippen LogP contribution in [0.15, 0.2) is 40.9 Å². The van der Waals surface area contributed by atoms with E-state index < -0.39 is 11.8 Å². The second-order valence-electron chi connectivity index (χ2n) is 5.24. The third-order valence-corrected chi connectivity index (χ3v) is 3.50. The van der Waals surface area contributed by atoms with Crippen molar-refractivity contribution in [2.45, 2.75) is 13.8 Å². The van der Waals surface area contributed by atoms with E-state index in [1.54, 1.807) is 31.2 Å². The molecule has 0 amide bonds. The standard InChI is InChI=1S/C17H13FN2O3/c1-9-3-6-14(18)13(7-9)16-19-15(20-23-16)11-5-4-10(2)12(8-11)17(21)22/h3-8H,1-2H3,(H,21,22). The molecule has 0 aliphatic heterocycles. The predicted molar refractivity (Wildman–Crippen MR) is 81.6 cm³/mol. The van der Waals surface area contributed by atoms with Gasteiger partial charge in [-0.05, 0) is 37.6 Å². The number of halogens is 1. The van der Waals surface area contributed by atoms with Crippen LogP contribution in [-0.2, 0) is 0 Å². The maximum absolute atomic E-state index is 13.9. The summed E-state index contributed by atoms with van der Waals surface area (Å²) in [6, 6.07) is 9.44. The highest BCUT2D eigenvalue weighted by atomic mass is 19.1. The second kappa shape index (κ2) is 5.64. The third kappa shape index (κ3) is 2.83. The van der Waals surface area contributed by atoms with Crippen LogP contribution in [0, 0.1) is 19.7 Å². The van der Waals surface area contributed by atoms with E-state index in [2.05, 4.69) is 10.1 Å². The Labute approximate surface area is 131 Å². The Bertz CT molecular complexity index is 903. The highest BCUT2D eigenvalue weighted by Gasteiger charge is 2.16. The van der Waals surface area contributed by atoms with Gasteiger partial charge in [0, 0.05) is 5.56 Å². The minimum atomic E-state index is -1.03. The van der Waals surface area contributed by atoms with Crippen LogP contribution >= 0.6 is 0 Å². The van der Waals surface area contributed by atoms with Gasteiger partial charge in [0.1, 0.15) is 5.82 Å². The lowest BCUT2D eigenvalue weighted by molar-refractivity contribution is 0.0696. The zero-order valence-electron chi connectivity index (χ0n) is 12.5. The molecule has 116 valence electrons. The van der Waals surface area contributed by atoms with Crippen molar-refractivity contribution in [1.82, 2.24) is 10.1 Å². The van der Waals surface area contributed by atoms with E-state index in [4.69, 9.17) is 4.52 Å². The monoisotopic (exact) mass is 312 g/mol. The summed E-state index contributed by atoms with van der Waals surface area (Å²) in [6.45, 7) is 3.54. The third-order valence-electron chi connectivity index (χ3n) is 3.50. The Morgan fingerprint density at radius 1 is 1.17 bits per heavy atom. The van der Waals surface area contributed by atoms with Crippen molar-refractivity contribution in [3.05, 3.63) is 58.9 Å². The first kappa shape index (κ1) is 14.9. The van der Waals surface area contributed by atoms with E-state index >= 15 is 0 Å². The molecule has 0 aliphatic rings. The summed E-state index contributed by atoms with van der Waals surface area (Å²) in [4.78, 5) is 15.4. The quantitative estimate of drug-likeness (QED) is 0.794. The Hall–Kier alpha value is -3.02. The lowest BCUT2D eigenvalue weighted by Crippen LogP contribution is -2.00. The molecule has 0 saturated carbocycles. The summed E-state index contributed by atoms with van der Waals surface area (Å²) >= 11 is 0. The Balaban J connectivity index is 2.04. The van der Waals surface area contributed by atoms with Crippen molar-refractivity contribution in [3.8, 4) is 22.8 Å². The number of carboxylic acid groups (broad SMARTS) is 1. The lowest BCUT2D eigenvalue weighted by atomic mass is 10.0. The highest BCUT2D eigenvalue weighted by molar-refractivity contribution is 5.90. The highest BCUT2D eigenvalue weighted by Crippen LogP contribution is 2.26. The SMILES string of the molecule is Cc1ccc(F)c(-c2nc(-c3ccc(C)c(C(=O)O)c3)no2)c1. The number of aromatic nitrogens is 2. The van der Waals surface area contributed by atoms with Crippen molar-refractivity contribution < 1.29 is 18.8 Å². The van der Waals surface area contributed by atoms with Gasteiger partial charge in [0.15, 0.2) is 0 Å². The number of hydrogen-bond donors (Lipinski definition) is 1. The average Bonchev–Trinajstić information content (AvgIpc) is 2.99. The van der Waals surface area contributed by atoms with Crippen molar-refractivity contribution in [1.29, 1.82) is 0 Å². The second-order valence-corrected chi connectivity index (χ2v) is 5.24. The van der Waals surface area contributed by atoms with Gasteiger partial charge in [-0.2, -0.15) is 4.98 Å². The van der Waals surface area contributed by atoms with Crippen LogP contribution in [0.3, 0.4) is 0 Å². The van der Waals surface area contributed by atoms with Crippen molar-refractivity contribution in [3.63, 3.8) is 0 Å². The summed E-state index contributed by atoms with van der Waals surface area (Å²) in [6.07, 6.45) is 0. The molecule has 0 atom stereocenters. The van der Waals surface area contributed by atoms with Gasteiger partial charge in [-0.15, -0.1) is 0 Å². The van der Waals surface area contributed by atoms with Crippen LogP contribution in [0.2, 0.25) is 0 Å². The molecule has 2 aromatic carbocycles. The molecule has 23 heavy (non-hydrogen) atoms. The van der Waals surface area contributed by atoms with Gasteiger partial charge in [-0.25, -0.2) is 9.18 Å². The summed E-state index contributed by atoms with van der Waals surface area (Å²) in [5.74, 6) is -1.22. The summed E-state index contributed by atoms with van der Waals surface area (Å²) in [7, 11) is 0. The van der Waals surface area contributed by atoms with Crippen molar-refractivity contribution in [2.24, 2.45) is 0 Å². The average molecular weight is 312 g/mol. The number of hydrogen-bond acceptors (Lipinski definition) is 4. The zero-order chi connectivity index (χ0) is 16.6.